The summed E-state index contributed by atoms with van der Waals surface area (Å²) in [5, 5.41) is 18.5. The third-order valence-electron chi connectivity index (χ3n) is 3.53. The Morgan fingerprint density at radius 2 is 2.33 bits per heavy atom. The first-order valence-electron chi connectivity index (χ1n) is 6.90. The number of ether oxygens (including phenoxy) is 1. The lowest BCUT2D eigenvalue weighted by molar-refractivity contribution is -0.141. The highest BCUT2D eigenvalue weighted by atomic mass is 16.5. The van der Waals surface area contributed by atoms with Crippen molar-refractivity contribution in [2.75, 3.05) is 19.0 Å². The number of hydrogen-bond acceptors (Lipinski definition) is 4. The Labute approximate surface area is 122 Å². The number of urea groups is 1. The number of methoxy groups -OCH3 is 1. The van der Waals surface area contributed by atoms with Gasteiger partial charge in [0.05, 0.1) is 31.0 Å². The number of carbonyl (C=O) groups is 2. The monoisotopic (exact) mass is 296 g/mol. The number of nitrogens with zero attached hydrogens (tertiary/aromatic N) is 2. The van der Waals surface area contributed by atoms with Crippen LogP contribution in [0.1, 0.15) is 19.3 Å². The van der Waals surface area contributed by atoms with E-state index in [1.807, 2.05) is 0 Å². The number of carboxylic acid groups (broad SMARTS) is 1. The Hall–Kier alpha value is -2.09. The van der Waals surface area contributed by atoms with Crippen LogP contribution in [0, 0.1) is 5.92 Å². The number of anilines is 1. The summed E-state index contributed by atoms with van der Waals surface area (Å²) in [6, 6.07) is -0.424. The first-order valence-corrected chi connectivity index (χ1v) is 6.90. The fourth-order valence-electron chi connectivity index (χ4n) is 2.42. The number of hydrogen-bond donors (Lipinski definition) is 3. The molecule has 8 nitrogen and oxygen atoms in total. The van der Waals surface area contributed by atoms with Crippen molar-refractivity contribution < 1.29 is 19.4 Å². The molecule has 1 aliphatic carbocycles. The number of rotatable bonds is 6. The van der Waals surface area contributed by atoms with Gasteiger partial charge in [0.25, 0.3) is 0 Å². The molecule has 0 aromatic carbocycles. The predicted octanol–water partition coefficient (Wildman–Crippen LogP) is 0.904. The van der Waals surface area contributed by atoms with E-state index in [2.05, 4.69) is 15.7 Å². The Bertz CT molecular complexity index is 502. The first-order chi connectivity index (χ1) is 10.1. The number of aromatic nitrogens is 2. The molecule has 1 aromatic rings. The van der Waals surface area contributed by atoms with Crippen LogP contribution in [0.5, 0.6) is 0 Å². The van der Waals surface area contributed by atoms with Crippen molar-refractivity contribution in [3.8, 4) is 0 Å². The molecular weight excluding hydrogens is 276 g/mol. The largest absolute Gasteiger partial charge is 0.481 e. The molecule has 0 spiro atoms. The molecule has 0 radical (unpaired) electrons. The normalized spacial score (nSPS) is 21.2. The molecule has 0 bridgehead atoms. The number of carboxylic acids is 1. The highest BCUT2D eigenvalue weighted by Crippen LogP contribution is 2.25. The summed E-state index contributed by atoms with van der Waals surface area (Å²) < 4.78 is 6.62. The van der Waals surface area contributed by atoms with E-state index in [4.69, 9.17) is 9.84 Å². The zero-order valence-corrected chi connectivity index (χ0v) is 11.9. The van der Waals surface area contributed by atoms with Gasteiger partial charge in [-0.2, -0.15) is 5.10 Å². The second kappa shape index (κ2) is 7.07. The van der Waals surface area contributed by atoms with Gasteiger partial charge in [0.1, 0.15) is 0 Å². The van der Waals surface area contributed by atoms with Gasteiger partial charge in [-0.25, -0.2) is 4.79 Å². The van der Waals surface area contributed by atoms with E-state index >= 15 is 0 Å². The second-order valence-corrected chi connectivity index (χ2v) is 5.13. The Kier molecular flexibility index (Phi) is 5.15. The lowest BCUT2D eigenvalue weighted by Crippen LogP contribution is -2.36. The molecule has 2 atom stereocenters. The SMILES string of the molecule is COCCn1cc(NC(=O)N[C@H]2CC[C@@H](C(=O)O)C2)cn1. The van der Waals surface area contributed by atoms with E-state index in [1.165, 1.54) is 0 Å². The molecular formula is C13H20N4O4. The van der Waals surface area contributed by atoms with Gasteiger partial charge in [0, 0.05) is 19.3 Å². The number of aliphatic carboxylic acids is 1. The van der Waals surface area contributed by atoms with Gasteiger partial charge in [0.2, 0.25) is 0 Å². The maximum atomic E-state index is 11.8. The van der Waals surface area contributed by atoms with Crippen molar-refractivity contribution in [1.82, 2.24) is 15.1 Å². The summed E-state index contributed by atoms with van der Waals surface area (Å²) in [7, 11) is 1.61. The molecule has 21 heavy (non-hydrogen) atoms. The van der Waals surface area contributed by atoms with Gasteiger partial charge in [-0.15, -0.1) is 0 Å². The zero-order chi connectivity index (χ0) is 15.2. The average Bonchev–Trinajstić information content (AvgIpc) is 3.06. The smallest absolute Gasteiger partial charge is 0.319 e. The molecule has 1 saturated carbocycles. The van der Waals surface area contributed by atoms with Crippen LogP contribution in [-0.4, -0.2) is 46.6 Å². The van der Waals surface area contributed by atoms with Gasteiger partial charge < -0.3 is 20.5 Å². The molecule has 3 N–H and O–H groups in total. The van der Waals surface area contributed by atoms with E-state index in [9.17, 15) is 9.59 Å². The van der Waals surface area contributed by atoms with Gasteiger partial charge >= 0.3 is 12.0 Å². The van der Waals surface area contributed by atoms with Gasteiger partial charge in [-0.3, -0.25) is 9.48 Å². The zero-order valence-electron chi connectivity index (χ0n) is 11.9. The van der Waals surface area contributed by atoms with Crippen LogP contribution in [0.2, 0.25) is 0 Å². The minimum absolute atomic E-state index is 0.0883. The van der Waals surface area contributed by atoms with Crippen LogP contribution in [0.15, 0.2) is 12.4 Å². The summed E-state index contributed by atoms with van der Waals surface area (Å²) in [6.45, 7) is 1.16. The van der Waals surface area contributed by atoms with Gasteiger partial charge in [-0.05, 0) is 19.3 Å². The minimum Gasteiger partial charge on any atom is -0.481 e. The molecule has 0 saturated heterocycles. The standard InChI is InChI=1S/C13H20N4O4/c1-21-5-4-17-8-11(7-14-17)16-13(20)15-10-3-2-9(6-10)12(18)19/h7-10H,2-6H2,1H3,(H,18,19)(H2,15,16,20)/t9-,10+/m1/s1. The van der Waals surface area contributed by atoms with Crippen molar-refractivity contribution in [2.45, 2.75) is 31.8 Å². The second-order valence-electron chi connectivity index (χ2n) is 5.13. The Morgan fingerprint density at radius 1 is 1.52 bits per heavy atom. The van der Waals surface area contributed by atoms with E-state index in [-0.39, 0.29) is 18.0 Å². The maximum Gasteiger partial charge on any atom is 0.319 e. The van der Waals surface area contributed by atoms with Crippen LogP contribution < -0.4 is 10.6 Å². The van der Waals surface area contributed by atoms with Crippen LogP contribution in [0.3, 0.4) is 0 Å². The molecule has 116 valence electrons. The van der Waals surface area contributed by atoms with Crippen molar-refractivity contribution in [3.05, 3.63) is 12.4 Å². The highest BCUT2D eigenvalue weighted by Gasteiger charge is 2.30. The summed E-state index contributed by atoms with van der Waals surface area (Å²) in [5.41, 5.74) is 0.594. The molecule has 1 fully saturated rings. The van der Waals surface area contributed by atoms with E-state index < -0.39 is 5.97 Å². The van der Waals surface area contributed by atoms with Crippen LogP contribution in [-0.2, 0) is 16.1 Å². The van der Waals surface area contributed by atoms with Gasteiger partial charge in [-0.1, -0.05) is 0 Å². The third kappa shape index (κ3) is 4.45. The molecule has 2 rings (SSSR count). The fraction of sp³-hybridized carbons (Fsp3) is 0.615. The number of amides is 2. The summed E-state index contributed by atoms with van der Waals surface area (Å²) in [4.78, 5) is 22.7. The third-order valence-corrected chi connectivity index (χ3v) is 3.53. The lowest BCUT2D eigenvalue weighted by atomic mass is 10.1. The van der Waals surface area contributed by atoms with Crippen LogP contribution >= 0.6 is 0 Å². The van der Waals surface area contributed by atoms with Gasteiger partial charge in [0.15, 0.2) is 0 Å². The van der Waals surface area contributed by atoms with E-state index in [0.29, 0.717) is 38.1 Å². The average molecular weight is 296 g/mol. The molecule has 1 aliphatic rings. The van der Waals surface area contributed by atoms with E-state index in [1.54, 1.807) is 24.2 Å². The maximum absolute atomic E-state index is 11.8. The highest BCUT2D eigenvalue weighted by molar-refractivity contribution is 5.89. The summed E-state index contributed by atoms with van der Waals surface area (Å²) in [5.74, 6) is -1.15. The molecule has 1 heterocycles. The summed E-state index contributed by atoms with van der Waals surface area (Å²) in [6.07, 6.45) is 5.06. The van der Waals surface area contributed by atoms with Crippen molar-refractivity contribution >= 4 is 17.7 Å². The number of nitrogens with one attached hydrogen (secondary N) is 2. The van der Waals surface area contributed by atoms with Crippen molar-refractivity contribution in [3.63, 3.8) is 0 Å². The Morgan fingerprint density at radius 3 is 3.00 bits per heavy atom. The predicted molar refractivity (Wildman–Crippen MR) is 75.0 cm³/mol. The topological polar surface area (TPSA) is 105 Å². The molecule has 0 unspecified atom stereocenters. The van der Waals surface area contributed by atoms with E-state index in [0.717, 1.165) is 0 Å². The first kappa shape index (κ1) is 15.3. The molecule has 2 amide bonds. The molecule has 0 aliphatic heterocycles. The minimum atomic E-state index is -0.792. The lowest BCUT2D eigenvalue weighted by Gasteiger charge is -2.12. The number of carbonyl (C=O) groups excluding carboxylic acids is 1. The van der Waals surface area contributed by atoms with Crippen LogP contribution in [0.4, 0.5) is 10.5 Å². The van der Waals surface area contributed by atoms with Crippen molar-refractivity contribution in [1.29, 1.82) is 0 Å². The Balaban J connectivity index is 1.77. The molecule has 8 heteroatoms. The molecule has 1 aromatic heterocycles. The van der Waals surface area contributed by atoms with Crippen molar-refractivity contribution in [2.24, 2.45) is 5.92 Å². The fourth-order valence-corrected chi connectivity index (χ4v) is 2.42. The summed E-state index contributed by atoms with van der Waals surface area (Å²) >= 11 is 0. The quantitative estimate of drug-likeness (QED) is 0.723. The van der Waals surface area contributed by atoms with Crippen LogP contribution in [0.25, 0.3) is 0 Å².